The number of Topliss-reactive ketones (excluding diaryl/α,β-unsaturated/α-hetero) is 2. The lowest BCUT2D eigenvalue weighted by Gasteiger charge is -2.10. The van der Waals surface area contributed by atoms with Crippen LogP contribution in [0.5, 0.6) is 5.75 Å². The Labute approximate surface area is 191 Å². The maximum absolute atomic E-state index is 12.5. The molecular weight excluding hydrogens is 522 g/mol. The highest BCUT2D eigenvalue weighted by atomic mass is 127. The summed E-state index contributed by atoms with van der Waals surface area (Å²) in [6.07, 6.45) is 1.63. The minimum atomic E-state index is -0.236. The van der Waals surface area contributed by atoms with Gasteiger partial charge in [-0.2, -0.15) is 0 Å². The molecule has 0 fully saturated rings. The molecule has 0 spiro atoms. The molecule has 0 aliphatic heterocycles. The monoisotopic (exact) mass is 534 g/mol. The van der Waals surface area contributed by atoms with E-state index >= 15 is 0 Å². The number of allylic oxidation sites excluding steroid dienone is 1. The van der Waals surface area contributed by atoms with E-state index in [1.807, 2.05) is 24.3 Å². The molecule has 0 unspecified atom stereocenters. The zero-order chi connectivity index (χ0) is 20.5. The van der Waals surface area contributed by atoms with Gasteiger partial charge in [0.1, 0.15) is 12.4 Å². The molecule has 0 atom stereocenters. The number of carbonyl (C=O) groups is 2. The van der Waals surface area contributed by atoms with Crippen molar-refractivity contribution in [1.82, 2.24) is 0 Å². The van der Waals surface area contributed by atoms with Crippen molar-refractivity contribution in [3.05, 3.63) is 102 Å². The predicted octanol–water partition coefficient (Wildman–Crippen LogP) is 6.64. The summed E-state index contributed by atoms with van der Waals surface area (Å²) in [6.45, 7) is 0.347. The largest absolute Gasteiger partial charge is 0.488 e. The molecule has 0 N–H and O–H groups in total. The van der Waals surface area contributed by atoms with Crippen LogP contribution in [0.25, 0.3) is 6.08 Å². The molecule has 0 radical (unpaired) electrons. The van der Waals surface area contributed by atoms with Gasteiger partial charge in [-0.05, 0) is 64.1 Å². The first kappa shape index (κ1) is 20.1. The third-order valence-corrected chi connectivity index (χ3v) is 6.13. The third-order valence-electron chi connectivity index (χ3n) is 4.55. The van der Waals surface area contributed by atoms with E-state index in [0.717, 1.165) is 14.7 Å². The number of benzene rings is 3. The van der Waals surface area contributed by atoms with Crippen LogP contribution >= 0.6 is 45.8 Å². The van der Waals surface area contributed by atoms with Crippen LogP contribution < -0.4 is 4.74 Å². The fourth-order valence-corrected chi connectivity index (χ4v) is 4.10. The van der Waals surface area contributed by atoms with Crippen LogP contribution in [0.2, 0.25) is 10.0 Å². The number of hydrogen-bond donors (Lipinski definition) is 0. The van der Waals surface area contributed by atoms with E-state index in [9.17, 15) is 9.59 Å². The summed E-state index contributed by atoms with van der Waals surface area (Å²) in [6, 6.07) is 17.8. The maximum atomic E-state index is 12.5. The van der Waals surface area contributed by atoms with E-state index in [0.29, 0.717) is 33.5 Å². The lowest BCUT2D eigenvalue weighted by molar-refractivity contribution is 0.0990. The zero-order valence-corrected chi connectivity index (χ0v) is 18.6. The van der Waals surface area contributed by atoms with Crippen LogP contribution in [0.3, 0.4) is 0 Å². The molecule has 3 nitrogen and oxygen atoms in total. The highest BCUT2D eigenvalue weighted by molar-refractivity contribution is 14.1. The van der Waals surface area contributed by atoms with E-state index in [4.69, 9.17) is 27.9 Å². The molecule has 0 amide bonds. The van der Waals surface area contributed by atoms with Gasteiger partial charge < -0.3 is 4.74 Å². The molecule has 6 heteroatoms. The first-order chi connectivity index (χ1) is 13.9. The SMILES string of the molecule is O=C1C(=Cc2ccc(OCc3ccc(Cl)c(Cl)c3)c(I)c2)C(=O)c2ccccc21. The second kappa shape index (κ2) is 8.30. The van der Waals surface area contributed by atoms with Gasteiger partial charge in [-0.25, -0.2) is 0 Å². The van der Waals surface area contributed by atoms with Crippen LogP contribution in [0, 0.1) is 3.57 Å². The highest BCUT2D eigenvalue weighted by Gasteiger charge is 2.32. The van der Waals surface area contributed by atoms with Crippen LogP contribution in [0.15, 0.2) is 66.2 Å². The van der Waals surface area contributed by atoms with Gasteiger partial charge in [-0.15, -0.1) is 0 Å². The Morgan fingerprint density at radius 1 is 0.862 bits per heavy atom. The van der Waals surface area contributed by atoms with Crippen molar-refractivity contribution >= 4 is 63.4 Å². The number of carbonyl (C=O) groups excluding carboxylic acids is 2. The molecule has 29 heavy (non-hydrogen) atoms. The van der Waals surface area contributed by atoms with Crippen LogP contribution in [-0.4, -0.2) is 11.6 Å². The molecular formula is C23H13Cl2IO3. The molecule has 4 rings (SSSR count). The van der Waals surface area contributed by atoms with Crippen molar-refractivity contribution in [1.29, 1.82) is 0 Å². The Balaban J connectivity index is 1.53. The van der Waals surface area contributed by atoms with Crippen molar-refractivity contribution in [2.45, 2.75) is 6.61 Å². The Hall–Kier alpha value is -2.15. The van der Waals surface area contributed by atoms with E-state index in [1.165, 1.54) is 0 Å². The smallest absolute Gasteiger partial charge is 0.197 e. The number of ketones is 2. The fraction of sp³-hybridized carbons (Fsp3) is 0.0435. The Morgan fingerprint density at radius 2 is 1.55 bits per heavy atom. The molecule has 3 aromatic rings. The Morgan fingerprint density at radius 3 is 2.17 bits per heavy atom. The predicted molar refractivity (Wildman–Crippen MR) is 123 cm³/mol. The van der Waals surface area contributed by atoms with Crippen molar-refractivity contribution in [3.8, 4) is 5.75 Å². The molecule has 0 aromatic heterocycles. The van der Waals surface area contributed by atoms with E-state index in [1.54, 1.807) is 42.5 Å². The molecule has 0 saturated carbocycles. The van der Waals surface area contributed by atoms with E-state index in [2.05, 4.69) is 22.6 Å². The standard InChI is InChI=1S/C23H13Cl2IO3/c24-18-7-5-14(10-19(18)25)12-29-21-8-6-13(11-20(21)26)9-17-22(27)15-3-1-2-4-16(15)23(17)28/h1-11H,12H2. The van der Waals surface area contributed by atoms with Gasteiger partial charge in [0, 0.05) is 11.1 Å². The summed E-state index contributed by atoms with van der Waals surface area (Å²) < 4.78 is 6.74. The molecule has 0 heterocycles. The topological polar surface area (TPSA) is 43.4 Å². The number of rotatable bonds is 4. The van der Waals surface area contributed by atoms with Gasteiger partial charge in [-0.3, -0.25) is 9.59 Å². The average molecular weight is 535 g/mol. The maximum Gasteiger partial charge on any atom is 0.197 e. The number of halogens is 3. The van der Waals surface area contributed by atoms with Crippen LogP contribution in [-0.2, 0) is 6.61 Å². The number of ether oxygens (including phenoxy) is 1. The second-order valence-electron chi connectivity index (χ2n) is 6.49. The van der Waals surface area contributed by atoms with Crippen molar-refractivity contribution in [3.63, 3.8) is 0 Å². The van der Waals surface area contributed by atoms with Gasteiger partial charge in [-0.1, -0.05) is 59.6 Å². The molecule has 0 bridgehead atoms. The normalized spacial score (nSPS) is 12.9. The lowest BCUT2D eigenvalue weighted by Crippen LogP contribution is -2.01. The van der Waals surface area contributed by atoms with Gasteiger partial charge >= 0.3 is 0 Å². The van der Waals surface area contributed by atoms with Crippen molar-refractivity contribution in [2.75, 3.05) is 0 Å². The molecule has 3 aromatic carbocycles. The van der Waals surface area contributed by atoms with E-state index < -0.39 is 0 Å². The number of hydrogen-bond acceptors (Lipinski definition) is 3. The summed E-state index contributed by atoms with van der Waals surface area (Å²) in [5.41, 5.74) is 2.77. The summed E-state index contributed by atoms with van der Waals surface area (Å²) in [5.74, 6) is 0.229. The minimum Gasteiger partial charge on any atom is -0.488 e. The lowest BCUT2D eigenvalue weighted by atomic mass is 10.1. The summed E-state index contributed by atoms with van der Waals surface area (Å²) in [7, 11) is 0. The molecule has 1 aliphatic rings. The Kier molecular flexibility index (Phi) is 5.76. The highest BCUT2D eigenvalue weighted by Crippen LogP contribution is 2.30. The minimum absolute atomic E-state index is 0.187. The fourth-order valence-electron chi connectivity index (χ4n) is 3.08. The first-order valence-corrected chi connectivity index (χ1v) is 10.5. The number of fused-ring (bicyclic) bond motifs is 1. The van der Waals surface area contributed by atoms with Crippen molar-refractivity contribution < 1.29 is 14.3 Å². The molecule has 1 aliphatic carbocycles. The van der Waals surface area contributed by atoms with Gasteiger partial charge in [0.2, 0.25) is 0 Å². The average Bonchev–Trinajstić information content (AvgIpc) is 2.95. The van der Waals surface area contributed by atoms with Crippen LogP contribution in [0.4, 0.5) is 0 Å². The molecule has 144 valence electrons. The summed E-state index contributed by atoms with van der Waals surface area (Å²) >= 11 is 14.1. The van der Waals surface area contributed by atoms with Gasteiger partial charge in [0.15, 0.2) is 11.6 Å². The third kappa shape index (κ3) is 4.10. The van der Waals surface area contributed by atoms with Gasteiger partial charge in [0.25, 0.3) is 0 Å². The van der Waals surface area contributed by atoms with Crippen molar-refractivity contribution in [2.24, 2.45) is 0 Å². The van der Waals surface area contributed by atoms with Crippen LogP contribution in [0.1, 0.15) is 31.8 Å². The molecule has 0 saturated heterocycles. The Bertz CT molecular complexity index is 1150. The quantitative estimate of drug-likeness (QED) is 0.214. The summed E-state index contributed by atoms with van der Waals surface area (Å²) in [4.78, 5) is 25.1. The second-order valence-corrected chi connectivity index (χ2v) is 8.47. The van der Waals surface area contributed by atoms with Gasteiger partial charge in [0.05, 0.1) is 19.2 Å². The summed E-state index contributed by atoms with van der Waals surface area (Å²) in [5, 5.41) is 0.983. The zero-order valence-electron chi connectivity index (χ0n) is 14.9. The first-order valence-electron chi connectivity index (χ1n) is 8.70. The van der Waals surface area contributed by atoms with E-state index in [-0.39, 0.29) is 17.1 Å².